The van der Waals surface area contributed by atoms with E-state index in [-0.39, 0.29) is 0 Å². The summed E-state index contributed by atoms with van der Waals surface area (Å²) in [5, 5.41) is 0. The van der Waals surface area contributed by atoms with E-state index in [1.165, 1.54) is 11.8 Å². The van der Waals surface area contributed by atoms with E-state index in [4.69, 9.17) is 5.73 Å². The zero-order valence-corrected chi connectivity index (χ0v) is 13.5. The van der Waals surface area contributed by atoms with E-state index >= 15 is 0 Å². The molecule has 1 amide bonds. The van der Waals surface area contributed by atoms with Crippen LogP contribution >= 0.6 is 0 Å². The smallest absolute Gasteiger partial charge is 0.267 e. The van der Waals surface area contributed by atoms with Crippen LogP contribution in [0.5, 0.6) is 0 Å². The van der Waals surface area contributed by atoms with E-state index in [0.29, 0.717) is 11.5 Å². The largest absolute Gasteiger partial charge is 0.388 e. The molecule has 1 aliphatic carbocycles. The summed E-state index contributed by atoms with van der Waals surface area (Å²) >= 11 is 0. The molecule has 1 aromatic heterocycles. The predicted molar refractivity (Wildman–Crippen MR) is 89.4 cm³/mol. The Bertz CT molecular complexity index is 627. The van der Waals surface area contributed by atoms with Crippen LogP contribution in [0.4, 0.5) is 0 Å². The second kappa shape index (κ2) is 10.2. The van der Waals surface area contributed by atoms with Crippen molar-refractivity contribution in [3.63, 3.8) is 0 Å². The molecule has 0 radical (unpaired) electrons. The molecule has 0 aliphatic heterocycles. The molecular weight excluding hydrogens is 292 g/mol. The first-order valence-electron chi connectivity index (χ1n) is 7.32. The summed E-state index contributed by atoms with van der Waals surface area (Å²) in [5.74, 6) is -0.178. The molecule has 23 heavy (non-hydrogen) atoms. The molecule has 0 fully saturated rings. The Morgan fingerprint density at radius 2 is 1.74 bits per heavy atom. The number of amides is 1. The predicted octanol–water partition coefficient (Wildman–Crippen LogP) is 2.65. The maximum absolute atomic E-state index is 11.3. The number of hydrogen-bond donors (Lipinski definition) is 1. The van der Waals surface area contributed by atoms with Gasteiger partial charge in [0.25, 0.3) is 5.91 Å². The number of Topliss-reactive ketones (excluding diaryl/α,β-unsaturated/α-hetero) is 1. The average molecular weight is 314 g/mol. The number of hydrogen-bond acceptors (Lipinski definition) is 4. The van der Waals surface area contributed by atoms with Crippen molar-refractivity contribution < 1.29 is 14.3 Å². The van der Waals surface area contributed by atoms with Crippen LogP contribution in [-0.2, 0) is 11.2 Å². The highest BCUT2D eigenvalue weighted by atomic mass is 16.4. The SMILES string of the molecule is COC.NC(=O)c1ccccn1.O=C1CCCc2ccccc21. The maximum atomic E-state index is 11.3. The van der Waals surface area contributed by atoms with Gasteiger partial charge in [0.05, 0.1) is 0 Å². The van der Waals surface area contributed by atoms with Gasteiger partial charge in [-0.1, -0.05) is 30.3 Å². The highest BCUT2D eigenvalue weighted by molar-refractivity contribution is 5.98. The van der Waals surface area contributed by atoms with Crippen LogP contribution in [0.3, 0.4) is 0 Å². The summed E-state index contributed by atoms with van der Waals surface area (Å²) in [6.45, 7) is 0. The molecule has 0 bridgehead atoms. The molecule has 0 spiro atoms. The number of fused-ring (bicyclic) bond motifs is 1. The van der Waals surface area contributed by atoms with Crippen molar-refractivity contribution in [1.82, 2.24) is 4.98 Å². The zero-order valence-electron chi connectivity index (χ0n) is 13.5. The summed E-state index contributed by atoms with van der Waals surface area (Å²) in [7, 11) is 3.25. The van der Waals surface area contributed by atoms with Crippen LogP contribution in [0.1, 0.15) is 39.3 Å². The van der Waals surface area contributed by atoms with E-state index in [2.05, 4.69) is 9.72 Å². The third kappa shape index (κ3) is 6.40. The quantitative estimate of drug-likeness (QED) is 0.877. The lowest BCUT2D eigenvalue weighted by Gasteiger charge is -2.12. The lowest BCUT2D eigenvalue weighted by molar-refractivity contribution is 0.0970. The van der Waals surface area contributed by atoms with E-state index in [0.717, 1.165) is 24.8 Å². The van der Waals surface area contributed by atoms with Crippen molar-refractivity contribution in [3.05, 3.63) is 65.5 Å². The number of nitrogens with two attached hydrogens (primary N) is 1. The third-order valence-corrected chi connectivity index (χ3v) is 3.09. The number of methoxy groups -OCH3 is 1. The Kier molecular flexibility index (Phi) is 8.24. The fraction of sp³-hybridized carbons (Fsp3) is 0.278. The van der Waals surface area contributed by atoms with Gasteiger partial charge >= 0.3 is 0 Å². The minimum absolute atomic E-state index is 0.303. The van der Waals surface area contributed by atoms with Crippen LogP contribution in [-0.4, -0.2) is 30.9 Å². The number of rotatable bonds is 1. The van der Waals surface area contributed by atoms with Crippen LogP contribution in [0.2, 0.25) is 0 Å². The van der Waals surface area contributed by atoms with Gasteiger partial charge in [-0.05, 0) is 30.5 Å². The first kappa shape index (κ1) is 18.5. The molecule has 0 unspecified atom stereocenters. The summed E-state index contributed by atoms with van der Waals surface area (Å²) in [6.07, 6.45) is 4.36. The van der Waals surface area contributed by atoms with Crippen molar-refractivity contribution in [2.45, 2.75) is 19.3 Å². The minimum Gasteiger partial charge on any atom is -0.388 e. The normalized spacial score (nSPS) is 12.0. The van der Waals surface area contributed by atoms with Crippen molar-refractivity contribution in [3.8, 4) is 0 Å². The molecule has 1 aliphatic rings. The van der Waals surface area contributed by atoms with Crippen LogP contribution in [0.25, 0.3) is 0 Å². The topological polar surface area (TPSA) is 82.3 Å². The van der Waals surface area contributed by atoms with Gasteiger partial charge in [0, 0.05) is 32.4 Å². The number of ether oxygens (including phenoxy) is 1. The number of benzene rings is 1. The number of pyridine rings is 1. The van der Waals surface area contributed by atoms with Gasteiger partial charge in [-0.2, -0.15) is 0 Å². The Hall–Kier alpha value is -2.53. The molecule has 5 heteroatoms. The molecule has 1 heterocycles. The number of primary amides is 1. The first-order chi connectivity index (χ1) is 11.1. The van der Waals surface area contributed by atoms with Crippen molar-refractivity contribution >= 4 is 11.7 Å². The second-order valence-electron chi connectivity index (χ2n) is 4.92. The van der Waals surface area contributed by atoms with Gasteiger partial charge in [0.2, 0.25) is 0 Å². The van der Waals surface area contributed by atoms with Gasteiger partial charge in [-0.15, -0.1) is 0 Å². The second-order valence-corrected chi connectivity index (χ2v) is 4.92. The summed E-state index contributed by atoms with van der Waals surface area (Å²) in [4.78, 5) is 25.3. The fourth-order valence-corrected chi connectivity index (χ4v) is 2.09. The molecule has 1 aromatic carbocycles. The number of aromatic nitrogens is 1. The Labute approximate surface area is 136 Å². The van der Waals surface area contributed by atoms with Gasteiger partial charge in [-0.3, -0.25) is 14.6 Å². The van der Waals surface area contributed by atoms with Crippen molar-refractivity contribution in [2.24, 2.45) is 5.73 Å². The standard InChI is InChI=1S/C10H10O.C6H6N2O.C2H6O/c11-10-7-3-5-8-4-1-2-6-9(8)10;7-6(9)5-3-1-2-4-8-5;1-3-2/h1-2,4,6H,3,5,7H2;1-4H,(H2,7,9);1-2H3. The molecule has 122 valence electrons. The highest BCUT2D eigenvalue weighted by Gasteiger charge is 2.14. The molecule has 0 atom stereocenters. The van der Waals surface area contributed by atoms with Gasteiger partial charge < -0.3 is 10.5 Å². The molecule has 3 rings (SSSR count). The Balaban J connectivity index is 0.000000200. The lowest BCUT2D eigenvalue weighted by atomic mass is 9.91. The molecule has 0 saturated heterocycles. The summed E-state index contributed by atoms with van der Waals surface area (Å²) in [5.41, 5.74) is 7.38. The van der Waals surface area contributed by atoms with Gasteiger partial charge in [-0.25, -0.2) is 0 Å². The maximum Gasteiger partial charge on any atom is 0.267 e. The number of ketones is 1. The Morgan fingerprint density at radius 1 is 1.09 bits per heavy atom. The summed E-state index contributed by atoms with van der Waals surface area (Å²) < 4.78 is 4.25. The highest BCUT2D eigenvalue weighted by Crippen LogP contribution is 2.19. The fourth-order valence-electron chi connectivity index (χ4n) is 2.09. The lowest BCUT2D eigenvalue weighted by Crippen LogP contribution is -2.12. The van der Waals surface area contributed by atoms with Crippen LogP contribution in [0, 0.1) is 0 Å². The number of aryl methyl sites for hydroxylation is 1. The minimum atomic E-state index is -0.490. The Morgan fingerprint density at radius 3 is 2.26 bits per heavy atom. The number of carbonyl (C=O) groups excluding carboxylic acids is 2. The molecule has 2 N–H and O–H groups in total. The van der Waals surface area contributed by atoms with Crippen LogP contribution < -0.4 is 5.73 Å². The van der Waals surface area contributed by atoms with E-state index < -0.39 is 5.91 Å². The van der Waals surface area contributed by atoms with Gasteiger partial charge in [0.15, 0.2) is 5.78 Å². The molecule has 2 aromatic rings. The summed E-state index contributed by atoms with van der Waals surface area (Å²) in [6, 6.07) is 12.9. The van der Waals surface area contributed by atoms with Crippen molar-refractivity contribution in [2.75, 3.05) is 14.2 Å². The molecule has 0 saturated carbocycles. The monoisotopic (exact) mass is 314 g/mol. The van der Waals surface area contributed by atoms with Crippen molar-refractivity contribution in [1.29, 1.82) is 0 Å². The van der Waals surface area contributed by atoms with E-state index in [1.54, 1.807) is 32.4 Å². The number of nitrogens with zero attached hydrogens (tertiary/aromatic N) is 1. The first-order valence-corrected chi connectivity index (χ1v) is 7.32. The average Bonchev–Trinajstić information content (AvgIpc) is 2.57. The number of carbonyl (C=O) groups is 2. The third-order valence-electron chi connectivity index (χ3n) is 3.09. The molecule has 5 nitrogen and oxygen atoms in total. The zero-order chi connectivity index (χ0) is 17.1. The van der Waals surface area contributed by atoms with E-state index in [9.17, 15) is 9.59 Å². The van der Waals surface area contributed by atoms with Gasteiger partial charge in [0.1, 0.15) is 5.69 Å². The molecular formula is C18H22N2O3. The van der Waals surface area contributed by atoms with E-state index in [1.807, 2.05) is 24.3 Å². The van der Waals surface area contributed by atoms with Crippen LogP contribution in [0.15, 0.2) is 48.7 Å².